The highest BCUT2D eigenvalue weighted by Gasteiger charge is 2.05. The average Bonchev–Trinajstić information content (AvgIpc) is 2.87. The fourth-order valence-corrected chi connectivity index (χ4v) is 1.83. The smallest absolute Gasteiger partial charge is 0.170 e. The zero-order valence-electron chi connectivity index (χ0n) is 10.2. The molecule has 0 spiro atoms. The third-order valence-electron chi connectivity index (χ3n) is 2.74. The number of hydrogen-bond donors (Lipinski definition) is 2. The van der Waals surface area contributed by atoms with Crippen LogP contribution in [0.15, 0.2) is 41.8 Å². The Labute approximate surface area is 106 Å². The molecule has 0 unspecified atom stereocenters. The van der Waals surface area contributed by atoms with Gasteiger partial charge in [0.05, 0.1) is 0 Å². The van der Waals surface area contributed by atoms with E-state index in [9.17, 15) is 0 Å². The highest BCUT2D eigenvalue weighted by atomic mass is 16.4. The summed E-state index contributed by atoms with van der Waals surface area (Å²) in [5, 5.41) is 11.6. The molecule has 0 radical (unpaired) electrons. The van der Waals surface area contributed by atoms with Gasteiger partial charge in [0.15, 0.2) is 5.84 Å². The van der Waals surface area contributed by atoms with Crippen LogP contribution in [0.4, 0.5) is 0 Å². The topological polar surface area (TPSA) is 76.4 Å². The Kier molecular flexibility index (Phi) is 3.62. The van der Waals surface area contributed by atoms with Crippen LogP contribution in [0, 0.1) is 0 Å². The van der Waals surface area contributed by atoms with Crippen molar-refractivity contribution >= 4 is 5.84 Å². The molecule has 0 bridgehead atoms. The van der Waals surface area contributed by atoms with Gasteiger partial charge >= 0.3 is 0 Å². The lowest BCUT2D eigenvalue weighted by atomic mass is 10.2. The van der Waals surface area contributed by atoms with Crippen LogP contribution < -0.4 is 5.73 Å². The molecule has 0 aliphatic heterocycles. The third-order valence-corrected chi connectivity index (χ3v) is 2.74. The lowest BCUT2D eigenvalue weighted by molar-refractivity contribution is 0.318. The van der Waals surface area contributed by atoms with Gasteiger partial charge < -0.3 is 15.5 Å². The molecule has 0 aliphatic carbocycles. The van der Waals surface area contributed by atoms with Crippen molar-refractivity contribution in [2.45, 2.75) is 19.8 Å². The van der Waals surface area contributed by atoms with E-state index < -0.39 is 0 Å². The minimum Gasteiger partial charge on any atom is -0.409 e. The van der Waals surface area contributed by atoms with Gasteiger partial charge in [0.1, 0.15) is 5.82 Å². The maximum absolute atomic E-state index is 8.60. The van der Waals surface area contributed by atoms with Crippen LogP contribution in [0.1, 0.15) is 24.7 Å². The Hall–Kier alpha value is -2.30. The lowest BCUT2D eigenvalue weighted by Gasteiger charge is -2.07. The van der Waals surface area contributed by atoms with Gasteiger partial charge in [-0.3, -0.25) is 0 Å². The van der Waals surface area contributed by atoms with Crippen LogP contribution >= 0.6 is 0 Å². The molecule has 0 fully saturated rings. The summed E-state index contributed by atoms with van der Waals surface area (Å²) in [5.74, 6) is 1.15. The number of nitrogens with zero attached hydrogens (tertiary/aromatic N) is 3. The first-order valence-corrected chi connectivity index (χ1v) is 5.86. The largest absolute Gasteiger partial charge is 0.409 e. The lowest BCUT2D eigenvalue weighted by Crippen LogP contribution is -2.13. The molecule has 0 saturated carbocycles. The van der Waals surface area contributed by atoms with E-state index in [1.54, 1.807) is 6.20 Å². The molecule has 94 valence electrons. The molecule has 5 heteroatoms. The standard InChI is InChI=1S/C13H16N4O/c1-2-3-12-15-8-9-17(12)11-6-4-10(5-7-11)13(14)16-18/h4-9,18H,2-3H2,1H3,(H2,14,16). The Bertz CT molecular complexity index is 542. The first kappa shape index (κ1) is 12.2. The first-order chi connectivity index (χ1) is 8.76. The van der Waals surface area contributed by atoms with E-state index in [4.69, 9.17) is 10.9 Å². The van der Waals surface area contributed by atoms with Gasteiger partial charge in [-0.25, -0.2) is 4.98 Å². The molecule has 18 heavy (non-hydrogen) atoms. The molecule has 3 N–H and O–H groups in total. The Morgan fingerprint density at radius 2 is 2.11 bits per heavy atom. The predicted octanol–water partition coefficient (Wildman–Crippen LogP) is 1.92. The van der Waals surface area contributed by atoms with Crippen molar-refractivity contribution in [1.82, 2.24) is 9.55 Å². The molecule has 5 nitrogen and oxygen atoms in total. The fourth-order valence-electron chi connectivity index (χ4n) is 1.83. The quantitative estimate of drug-likeness (QED) is 0.373. The second-order valence-corrected chi connectivity index (χ2v) is 4.00. The average molecular weight is 244 g/mol. The highest BCUT2D eigenvalue weighted by Crippen LogP contribution is 2.13. The SMILES string of the molecule is CCCc1nccn1-c1ccc(/C(N)=N/O)cc1. The molecule has 1 aromatic heterocycles. The van der Waals surface area contributed by atoms with Crippen molar-refractivity contribution < 1.29 is 5.21 Å². The normalized spacial score (nSPS) is 11.7. The molecular weight excluding hydrogens is 228 g/mol. The van der Waals surface area contributed by atoms with Crippen LogP contribution in [0.25, 0.3) is 5.69 Å². The number of aromatic nitrogens is 2. The maximum atomic E-state index is 8.60. The molecule has 1 heterocycles. The Balaban J connectivity index is 2.31. The zero-order valence-corrected chi connectivity index (χ0v) is 10.2. The van der Waals surface area contributed by atoms with Crippen molar-refractivity contribution in [3.63, 3.8) is 0 Å². The van der Waals surface area contributed by atoms with Crippen molar-refractivity contribution in [2.24, 2.45) is 10.9 Å². The molecule has 1 aromatic carbocycles. The summed E-state index contributed by atoms with van der Waals surface area (Å²) >= 11 is 0. The minimum absolute atomic E-state index is 0.112. The second-order valence-electron chi connectivity index (χ2n) is 4.00. The van der Waals surface area contributed by atoms with Gasteiger partial charge in [0.2, 0.25) is 0 Å². The molecule has 0 amide bonds. The van der Waals surface area contributed by atoms with E-state index in [0.717, 1.165) is 24.4 Å². The number of aryl methyl sites for hydroxylation is 1. The maximum Gasteiger partial charge on any atom is 0.170 e. The zero-order chi connectivity index (χ0) is 13.0. The summed E-state index contributed by atoms with van der Waals surface area (Å²) in [6, 6.07) is 7.49. The van der Waals surface area contributed by atoms with Crippen LogP contribution in [0.5, 0.6) is 0 Å². The van der Waals surface area contributed by atoms with Crippen molar-refractivity contribution in [3.05, 3.63) is 48.0 Å². The van der Waals surface area contributed by atoms with E-state index in [1.807, 2.05) is 35.0 Å². The van der Waals surface area contributed by atoms with E-state index in [-0.39, 0.29) is 5.84 Å². The molecule has 0 atom stereocenters. The summed E-state index contributed by atoms with van der Waals surface area (Å²) in [7, 11) is 0. The molecular formula is C13H16N4O. The van der Waals surface area contributed by atoms with Crippen molar-refractivity contribution in [3.8, 4) is 5.69 Å². The van der Waals surface area contributed by atoms with Gasteiger partial charge in [-0.2, -0.15) is 0 Å². The minimum atomic E-state index is 0.112. The van der Waals surface area contributed by atoms with Gasteiger partial charge in [-0.05, 0) is 30.7 Å². The number of oxime groups is 1. The number of benzene rings is 1. The summed E-state index contributed by atoms with van der Waals surface area (Å²) in [5.41, 5.74) is 7.23. The number of hydrogen-bond acceptors (Lipinski definition) is 3. The van der Waals surface area contributed by atoms with Crippen molar-refractivity contribution in [1.29, 1.82) is 0 Å². The van der Waals surface area contributed by atoms with E-state index in [1.165, 1.54) is 0 Å². The van der Waals surface area contributed by atoms with E-state index >= 15 is 0 Å². The van der Waals surface area contributed by atoms with Crippen LogP contribution in [0.2, 0.25) is 0 Å². The number of rotatable bonds is 4. The second kappa shape index (κ2) is 5.35. The van der Waals surface area contributed by atoms with Gasteiger partial charge in [-0.15, -0.1) is 0 Å². The highest BCUT2D eigenvalue weighted by molar-refractivity contribution is 5.97. The van der Waals surface area contributed by atoms with Gasteiger partial charge in [-0.1, -0.05) is 12.1 Å². The fraction of sp³-hybridized carbons (Fsp3) is 0.231. The predicted molar refractivity (Wildman–Crippen MR) is 70.1 cm³/mol. The first-order valence-electron chi connectivity index (χ1n) is 5.86. The summed E-state index contributed by atoms with van der Waals surface area (Å²) in [6.07, 6.45) is 5.72. The Morgan fingerprint density at radius 3 is 2.72 bits per heavy atom. The number of imidazole rings is 1. The molecule has 2 aromatic rings. The van der Waals surface area contributed by atoms with E-state index in [0.29, 0.717) is 5.56 Å². The monoisotopic (exact) mass is 244 g/mol. The van der Waals surface area contributed by atoms with E-state index in [2.05, 4.69) is 17.1 Å². The van der Waals surface area contributed by atoms with Gasteiger partial charge in [0.25, 0.3) is 0 Å². The van der Waals surface area contributed by atoms with Gasteiger partial charge in [0, 0.05) is 30.1 Å². The number of amidine groups is 1. The molecule has 0 saturated heterocycles. The van der Waals surface area contributed by atoms with Crippen LogP contribution in [-0.2, 0) is 6.42 Å². The molecule has 2 rings (SSSR count). The van der Waals surface area contributed by atoms with Crippen LogP contribution in [-0.4, -0.2) is 20.6 Å². The number of nitrogens with two attached hydrogens (primary N) is 1. The summed E-state index contributed by atoms with van der Waals surface area (Å²) in [4.78, 5) is 4.33. The molecule has 0 aliphatic rings. The van der Waals surface area contributed by atoms with Crippen LogP contribution in [0.3, 0.4) is 0 Å². The Morgan fingerprint density at radius 1 is 1.39 bits per heavy atom. The third kappa shape index (κ3) is 2.34. The summed E-state index contributed by atoms with van der Waals surface area (Å²) < 4.78 is 2.04. The van der Waals surface area contributed by atoms with Crippen molar-refractivity contribution in [2.75, 3.05) is 0 Å². The summed E-state index contributed by atoms with van der Waals surface area (Å²) in [6.45, 7) is 2.13.